The fourth-order valence-electron chi connectivity index (χ4n) is 3.53. The highest BCUT2D eigenvalue weighted by Crippen LogP contribution is 2.41. The fourth-order valence-corrected chi connectivity index (χ4v) is 4.97. The van der Waals surface area contributed by atoms with Gasteiger partial charge in [-0.05, 0) is 42.4 Å². The number of carbonyl (C=O) groups is 1. The van der Waals surface area contributed by atoms with Crippen LogP contribution in [0.2, 0.25) is 0 Å². The minimum absolute atomic E-state index is 0.0421. The van der Waals surface area contributed by atoms with Crippen LogP contribution in [-0.2, 0) is 12.8 Å². The second-order valence-corrected chi connectivity index (χ2v) is 7.97. The lowest BCUT2D eigenvalue weighted by atomic mass is 9.88. The number of thiophene rings is 1. The van der Waals surface area contributed by atoms with Crippen molar-refractivity contribution < 1.29 is 9.72 Å². The van der Waals surface area contributed by atoms with E-state index in [0.717, 1.165) is 35.4 Å². The van der Waals surface area contributed by atoms with Crippen LogP contribution in [-0.4, -0.2) is 17.0 Å². The summed E-state index contributed by atoms with van der Waals surface area (Å²) in [7, 11) is 0. The van der Waals surface area contributed by atoms with Gasteiger partial charge in [-0.1, -0.05) is 25.1 Å². The number of amides is 1. The van der Waals surface area contributed by atoms with Gasteiger partial charge in [-0.2, -0.15) is 0 Å². The van der Waals surface area contributed by atoms with Crippen molar-refractivity contribution in [2.24, 2.45) is 5.92 Å². The first-order chi connectivity index (χ1) is 12.5. The molecule has 1 amide bonds. The number of fused-ring (bicyclic) bond motifs is 3. The van der Waals surface area contributed by atoms with Gasteiger partial charge in [-0.15, -0.1) is 11.3 Å². The molecule has 2 heterocycles. The summed E-state index contributed by atoms with van der Waals surface area (Å²) in [6.07, 6.45) is 6.40. The van der Waals surface area contributed by atoms with Crippen LogP contribution in [0, 0.1) is 16.0 Å². The lowest BCUT2D eigenvalue weighted by Gasteiger charge is -2.24. The number of benzene rings is 1. The van der Waals surface area contributed by atoms with E-state index >= 15 is 0 Å². The average Bonchev–Trinajstić information content (AvgIpc) is 2.97. The van der Waals surface area contributed by atoms with Gasteiger partial charge < -0.3 is 10.6 Å². The quantitative estimate of drug-likeness (QED) is 0.633. The predicted molar refractivity (Wildman–Crippen MR) is 103 cm³/mol. The summed E-state index contributed by atoms with van der Waals surface area (Å²) < 4.78 is 0. The zero-order chi connectivity index (χ0) is 18.3. The molecule has 2 aromatic rings. The van der Waals surface area contributed by atoms with Crippen LogP contribution in [0.3, 0.4) is 0 Å². The number of hydrogen-bond donors (Lipinski definition) is 2. The summed E-state index contributed by atoms with van der Waals surface area (Å²) in [4.78, 5) is 24.4. The molecule has 26 heavy (non-hydrogen) atoms. The van der Waals surface area contributed by atoms with Crippen molar-refractivity contribution in [3.8, 4) is 0 Å². The van der Waals surface area contributed by atoms with Crippen LogP contribution in [0.4, 0.5) is 10.7 Å². The number of carbonyl (C=O) groups excluding carboxylic acids is 1. The van der Waals surface area contributed by atoms with E-state index in [-0.39, 0.29) is 17.8 Å². The highest BCUT2D eigenvalue weighted by molar-refractivity contribution is 7.16. The SMILES string of the molecule is C[C@@H]1CCc2c(sc3c2C(=O)N[C@H](/C=C/c2cccc([N+](=O)[O-])c2)N3)C1. The molecule has 1 aliphatic carbocycles. The Morgan fingerprint density at radius 3 is 3.00 bits per heavy atom. The Kier molecular flexibility index (Phi) is 4.24. The number of nitro benzene ring substituents is 1. The smallest absolute Gasteiger partial charge is 0.270 e. The Hall–Kier alpha value is -2.67. The van der Waals surface area contributed by atoms with Crippen molar-refractivity contribution in [3.05, 3.63) is 62.0 Å². The number of anilines is 1. The van der Waals surface area contributed by atoms with E-state index in [1.807, 2.05) is 6.08 Å². The van der Waals surface area contributed by atoms with Gasteiger partial charge in [0.25, 0.3) is 11.6 Å². The van der Waals surface area contributed by atoms with Crippen LogP contribution in [0.5, 0.6) is 0 Å². The lowest BCUT2D eigenvalue weighted by molar-refractivity contribution is -0.384. The summed E-state index contributed by atoms with van der Waals surface area (Å²) in [6.45, 7) is 2.25. The van der Waals surface area contributed by atoms with Crippen LogP contribution in [0.1, 0.15) is 39.7 Å². The van der Waals surface area contributed by atoms with Gasteiger partial charge in [0.1, 0.15) is 11.2 Å². The molecule has 0 unspecified atom stereocenters. The third kappa shape index (κ3) is 3.10. The van der Waals surface area contributed by atoms with Crippen LogP contribution in [0.25, 0.3) is 6.08 Å². The molecule has 7 heteroatoms. The molecule has 0 saturated carbocycles. The predicted octanol–water partition coefficient (Wildman–Crippen LogP) is 3.98. The molecule has 134 valence electrons. The van der Waals surface area contributed by atoms with Gasteiger partial charge in [0, 0.05) is 17.0 Å². The van der Waals surface area contributed by atoms with Gasteiger partial charge in [-0.25, -0.2) is 0 Å². The third-order valence-electron chi connectivity index (χ3n) is 4.87. The van der Waals surface area contributed by atoms with E-state index in [0.29, 0.717) is 5.92 Å². The van der Waals surface area contributed by atoms with E-state index < -0.39 is 4.92 Å². The van der Waals surface area contributed by atoms with Crippen molar-refractivity contribution in [2.75, 3.05) is 5.32 Å². The maximum absolute atomic E-state index is 12.6. The zero-order valence-corrected chi connectivity index (χ0v) is 15.1. The van der Waals surface area contributed by atoms with Gasteiger partial charge in [-0.3, -0.25) is 14.9 Å². The molecule has 1 aromatic carbocycles. The first-order valence-corrected chi connectivity index (χ1v) is 9.47. The maximum atomic E-state index is 12.6. The van der Waals surface area contributed by atoms with E-state index in [1.54, 1.807) is 29.5 Å². The number of hydrogen-bond acceptors (Lipinski definition) is 5. The molecule has 0 spiro atoms. The molecule has 0 saturated heterocycles. The highest BCUT2D eigenvalue weighted by Gasteiger charge is 2.31. The normalized spacial score (nSPS) is 21.7. The molecular weight excluding hydrogens is 350 g/mol. The van der Waals surface area contributed by atoms with Gasteiger partial charge in [0.05, 0.1) is 10.5 Å². The molecule has 1 aromatic heterocycles. The molecule has 0 radical (unpaired) electrons. The first kappa shape index (κ1) is 16.8. The lowest BCUT2D eigenvalue weighted by Crippen LogP contribution is -2.43. The van der Waals surface area contributed by atoms with Crippen LogP contribution in [0.15, 0.2) is 30.3 Å². The molecule has 2 N–H and O–H groups in total. The van der Waals surface area contributed by atoms with Crippen molar-refractivity contribution in [2.45, 2.75) is 32.4 Å². The van der Waals surface area contributed by atoms with E-state index in [4.69, 9.17) is 0 Å². The second kappa shape index (κ2) is 6.57. The number of nitrogens with zero attached hydrogens (tertiary/aromatic N) is 1. The molecule has 2 aliphatic rings. The third-order valence-corrected chi connectivity index (χ3v) is 6.06. The zero-order valence-electron chi connectivity index (χ0n) is 14.3. The number of nitro groups is 1. The fraction of sp³-hybridized carbons (Fsp3) is 0.316. The summed E-state index contributed by atoms with van der Waals surface area (Å²) in [5.41, 5.74) is 2.78. The molecule has 6 nitrogen and oxygen atoms in total. The average molecular weight is 369 g/mol. The summed E-state index contributed by atoms with van der Waals surface area (Å²) in [5, 5.41) is 18.1. The van der Waals surface area contributed by atoms with Gasteiger partial charge >= 0.3 is 0 Å². The Labute approximate surface area is 155 Å². The molecule has 0 fully saturated rings. The van der Waals surface area contributed by atoms with Crippen molar-refractivity contribution in [1.82, 2.24) is 5.32 Å². The van der Waals surface area contributed by atoms with Crippen LogP contribution >= 0.6 is 11.3 Å². The first-order valence-electron chi connectivity index (χ1n) is 8.66. The second-order valence-electron chi connectivity index (χ2n) is 6.86. The molecular formula is C19H19N3O3S. The highest BCUT2D eigenvalue weighted by atomic mass is 32.1. The minimum atomic E-state index is -0.415. The Bertz CT molecular complexity index is 919. The molecule has 1 aliphatic heterocycles. The molecule has 0 bridgehead atoms. The Morgan fingerprint density at radius 2 is 2.19 bits per heavy atom. The number of rotatable bonds is 3. The molecule has 4 rings (SSSR count). The van der Waals surface area contributed by atoms with Crippen molar-refractivity contribution >= 4 is 34.0 Å². The Morgan fingerprint density at radius 1 is 1.35 bits per heavy atom. The van der Waals surface area contributed by atoms with Gasteiger partial charge in [0.15, 0.2) is 0 Å². The monoisotopic (exact) mass is 369 g/mol. The number of nitrogens with one attached hydrogen (secondary N) is 2. The van der Waals surface area contributed by atoms with Crippen molar-refractivity contribution in [3.63, 3.8) is 0 Å². The minimum Gasteiger partial charge on any atom is -0.353 e. The largest absolute Gasteiger partial charge is 0.353 e. The molecule has 2 atom stereocenters. The standard InChI is InChI=1S/C19H19N3O3S/c1-11-5-7-14-15(9-11)26-19-17(14)18(23)20-16(21-19)8-6-12-3-2-4-13(10-12)22(24)25/h2-4,6,8,10-11,16,21H,5,7,9H2,1H3,(H,20,23)/b8-6+/t11-,16+/m1/s1. The maximum Gasteiger partial charge on any atom is 0.270 e. The summed E-state index contributed by atoms with van der Waals surface area (Å²) in [5.74, 6) is 0.620. The summed E-state index contributed by atoms with van der Waals surface area (Å²) in [6, 6.07) is 6.42. The number of non-ortho nitro benzene ring substituents is 1. The topological polar surface area (TPSA) is 84.3 Å². The van der Waals surface area contributed by atoms with Crippen LogP contribution < -0.4 is 10.6 Å². The van der Waals surface area contributed by atoms with E-state index in [9.17, 15) is 14.9 Å². The van der Waals surface area contributed by atoms with Crippen molar-refractivity contribution in [1.29, 1.82) is 0 Å². The van der Waals surface area contributed by atoms with E-state index in [1.165, 1.54) is 22.6 Å². The Balaban J connectivity index is 1.55. The van der Waals surface area contributed by atoms with E-state index in [2.05, 4.69) is 17.6 Å². The summed E-state index contributed by atoms with van der Waals surface area (Å²) >= 11 is 1.68. The van der Waals surface area contributed by atoms with Gasteiger partial charge in [0.2, 0.25) is 0 Å².